The van der Waals surface area contributed by atoms with Crippen LogP contribution in [0.5, 0.6) is 5.88 Å². The molecule has 0 aliphatic carbocycles. The SMILES string of the molecule is CCCCc1[nH]nc2c1[C@H](c1ccnc3ccccc13)C(C#N)=C(N)O2. The van der Waals surface area contributed by atoms with Crippen LogP contribution in [0, 0.1) is 11.3 Å². The lowest BCUT2D eigenvalue weighted by atomic mass is 9.82. The number of nitrogens with zero attached hydrogens (tertiary/aromatic N) is 3. The number of aromatic amines is 1. The third-order valence-electron chi connectivity index (χ3n) is 4.79. The number of hydrogen-bond donors (Lipinski definition) is 2. The molecule has 3 aromatic rings. The molecular weight excluding hydrogens is 326 g/mol. The van der Waals surface area contributed by atoms with Crippen LogP contribution in [0.15, 0.2) is 48.0 Å². The van der Waals surface area contributed by atoms with Crippen LogP contribution in [0.1, 0.15) is 42.5 Å². The van der Waals surface area contributed by atoms with Crippen LogP contribution in [0.2, 0.25) is 0 Å². The van der Waals surface area contributed by atoms with E-state index in [1.165, 1.54) is 0 Å². The Kier molecular flexibility index (Phi) is 4.05. The van der Waals surface area contributed by atoms with E-state index in [1.807, 2.05) is 30.3 Å². The molecule has 3 heterocycles. The zero-order chi connectivity index (χ0) is 18.1. The fourth-order valence-corrected chi connectivity index (χ4v) is 3.53. The summed E-state index contributed by atoms with van der Waals surface area (Å²) < 4.78 is 5.64. The summed E-state index contributed by atoms with van der Waals surface area (Å²) in [6.45, 7) is 2.14. The van der Waals surface area contributed by atoms with Crippen LogP contribution in [0.3, 0.4) is 0 Å². The molecule has 1 atom stereocenters. The fourth-order valence-electron chi connectivity index (χ4n) is 3.53. The smallest absolute Gasteiger partial charge is 0.244 e. The van der Waals surface area contributed by atoms with Gasteiger partial charge in [0, 0.05) is 22.8 Å². The van der Waals surface area contributed by atoms with E-state index in [0.717, 1.165) is 47.0 Å². The van der Waals surface area contributed by atoms with Crippen molar-refractivity contribution >= 4 is 10.9 Å². The molecular formula is C20H19N5O. The third-order valence-corrected chi connectivity index (χ3v) is 4.79. The van der Waals surface area contributed by atoms with E-state index >= 15 is 0 Å². The van der Waals surface area contributed by atoms with Gasteiger partial charge in [-0.1, -0.05) is 31.5 Å². The number of ether oxygens (including phenoxy) is 1. The average molecular weight is 345 g/mol. The highest BCUT2D eigenvalue weighted by Crippen LogP contribution is 2.44. The Bertz CT molecular complexity index is 1040. The van der Waals surface area contributed by atoms with Crippen molar-refractivity contribution in [1.82, 2.24) is 15.2 Å². The minimum Gasteiger partial charge on any atom is -0.420 e. The van der Waals surface area contributed by atoms with Crippen molar-refractivity contribution in [3.8, 4) is 11.9 Å². The van der Waals surface area contributed by atoms with Gasteiger partial charge in [0.15, 0.2) is 0 Å². The lowest BCUT2D eigenvalue weighted by Gasteiger charge is -2.25. The number of allylic oxidation sites excluding steroid dienone is 1. The van der Waals surface area contributed by atoms with Gasteiger partial charge in [0.25, 0.3) is 0 Å². The molecule has 4 rings (SSSR count). The minimum absolute atomic E-state index is 0.111. The number of nitriles is 1. The lowest BCUT2D eigenvalue weighted by molar-refractivity contribution is 0.379. The molecule has 2 aromatic heterocycles. The molecule has 1 aliphatic rings. The van der Waals surface area contributed by atoms with Gasteiger partial charge in [-0.2, -0.15) is 5.26 Å². The molecule has 0 amide bonds. The Hall–Kier alpha value is -3.33. The van der Waals surface area contributed by atoms with E-state index in [0.29, 0.717) is 11.5 Å². The van der Waals surface area contributed by atoms with Crippen molar-refractivity contribution in [3.63, 3.8) is 0 Å². The number of benzene rings is 1. The Balaban J connectivity index is 1.96. The largest absolute Gasteiger partial charge is 0.420 e. The third kappa shape index (κ3) is 2.49. The molecule has 26 heavy (non-hydrogen) atoms. The molecule has 1 aliphatic heterocycles. The molecule has 3 N–H and O–H groups in total. The van der Waals surface area contributed by atoms with Gasteiger partial charge in [0.1, 0.15) is 11.6 Å². The van der Waals surface area contributed by atoms with Gasteiger partial charge in [0.2, 0.25) is 11.8 Å². The molecule has 0 saturated carbocycles. The zero-order valence-corrected chi connectivity index (χ0v) is 14.5. The molecule has 1 aromatic carbocycles. The molecule has 0 fully saturated rings. The van der Waals surface area contributed by atoms with Crippen molar-refractivity contribution in [1.29, 1.82) is 5.26 Å². The fraction of sp³-hybridized carbons (Fsp3) is 0.250. The topological polar surface area (TPSA) is 101 Å². The molecule has 130 valence electrons. The van der Waals surface area contributed by atoms with E-state index in [1.54, 1.807) is 6.20 Å². The highest BCUT2D eigenvalue weighted by Gasteiger charge is 2.35. The van der Waals surface area contributed by atoms with Gasteiger partial charge < -0.3 is 10.5 Å². The second kappa shape index (κ2) is 6.52. The maximum Gasteiger partial charge on any atom is 0.244 e. The Morgan fingerprint density at radius 3 is 2.96 bits per heavy atom. The number of aromatic nitrogens is 3. The monoisotopic (exact) mass is 345 g/mol. The predicted molar refractivity (Wildman–Crippen MR) is 98.2 cm³/mol. The van der Waals surface area contributed by atoms with Crippen LogP contribution < -0.4 is 10.5 Å². The van der Waals surface area contributed by atoms with Crippen molar-refractivity contribution in [2.75, 3.05) is 0 Å². The van der Waals surface area contributed by atoms with Crippen LogP contribution in [-0.2, 0) is 6.42 Å². The first kappa shape index (κ1) is 16.2. The summed E-state index contributed by atoms with van der Waals surface area (Å²) in [4.78, 5) is 4.44. The normalized spacial score (nSPS) is 16.2. The second-order valence-electron chi connectivity index (χ2n) is 6.37. The summed E-state index contributed by atoms with van der Waals surface area (Å²) in [6.07, 6.45) is 4.71. The first-order valence-corrected chi connectivity index (χ1v) is 8.73. The Morgan fingerprint density at radius 1 is 1.31 bits per heavy atom. The molecule has 0 unspecified atom stereocenters. The number of nitrogens with two attached hydrogens (primary N) is 1. The summed E-state index contributed by atoms with van der Waals surface area (Å²) in [5.41, 5.74) is 10.2. The van der Waals surface area contributed by atoms with Gasteiger partial charge in [-0.15, -0.1) is 5.10 Å². The first-order valence-electron chi connectivity index (χ1n) is 8.73. The molecule has 6 heteroatoms. The van der Waals surface area contributed by atoms with Gasteiger partial charge in [-0.05, 0) is 30.5 Å². The highest BCUT2D eigenvalue weighted by molar-refractivity contribution is 5.84. The van der Waals surface area contributed by atoms with E-state index < -0.39 is 0 Å². The van der Waals surface area contributed by atoms with Crippen LogP contribution in [0.4, 0.5) is 0 Å². The highest BCUT2D eigenvalue weighted by atomic mass is 16.5. The lowest BCUT2D eigenvalue weighted by Crippen LogP contribution is -2.21. The summed E-state index contributed by atoms with van der Waals surface area (Å²) in [5, 5.41) is 18.2. The maximum atomic E-state index is 9.78. The van der Waals surface area contributed by atoms with E-state index in [9.17, 15) is 5.26 Å². The zero-order valence-electron chi connectivity index (χ0n) is 14.5. The summed E-state index contributed by atoms with van der Waals surface area (Å²) in [6, 6.07) is 12.1. The summed E-state index contributed by atoms with van der Waals surface area (Å²) in [7, 11) is 0. The van der Waals surface area contributed by atoms with Crippen LogP contribution in [0.25, 0.3) is 10.9 Å². The van der Waals surface area contributed by atoms with Gasteiger partial charge >= 0.3 is 0 Å². The van der Waals surface area contributed by atoms with Gasteiger partial charge in [0.05, 0.1) is 11.4 Å². The number of pyridine rings is 1. The molecule has 6 nitrogen and oxygen atoms in total. The van der Waals surface area contributed by atoms with Crippen molar-refractivity contribution in [2.24, 2.45) is 5.73 Å². The molecule has 0 bridgehead atoms. The first-order chi connectivity index (χ1) is 12.7. The van der Waals surface area contributed by atoms with E-state index in [-0.39, 0.29) is 11.8 Å². The number of rotatable bonds is 4. The van der Waals surface area contributed by atoms with E-state index in [4.69, 9.17) is 10.5 Å². The second-order valence-corrected chi connectivity index (χ2v) is 6.37. The maximum absolute atomic E-state index is 9.78. The number of unbranched alkanes of at least 4 members (excludes halogenated alkanes) is 1. The quantitative estimate of drug-likeness (QED) is 0.753. The Labute approximate surface area is 151 Å². The summed E-state index contributed by atoms with van der Waals surface area (Å²) in [5.74, 6) is 0.250. The predicted octanol–water partition coefficient (Wildman–Crippen LogP) is 3.52. The van der Waals surface area contributed by atoms with Crippen LogP contribution in [-0.4, -0.2) is 15.2 Å². The van der Waals surface area contributed by atoms with Crippen LogP contribution >= 0.6 is 0 Å². The van der Waals surface area contributed by atoms with Gasteiger partial charge in [-0.25, -0.2) is 0 Å². The van der Waals surface area contributed by atoms with Crippen molar-refractivity contribution < 1.29 is 4.74 Å². The number of hydrogen-bond acceptors (Lipinski definition) is 5. The summed E-state index contributed by atoms with van der Waals surface area (Å²) >= 11 is 0. The minimum atomic E-state index is -0.317. The van der Waals surface area contributed by atoms with Gasteiger partial charge in [-0.3, -0.25) is 10.1 Å². The number of fused-ring (bicyclic) bond motifs is 2. The average Bonchev–Trinajstić information content (AvgIpc) is 3.07. The number of aryl methyl sites for hydroxylation is 1. The number of para-hydroxylation sites is 1. The number of H-pyrrole nitrogens is 1. The molecule has 0 spiro atoms. The molecule has 0 saturated heterocycles. The number of nitrogens with one attached hydrogen (secondary N) is 1. The van der Waals surface area contributed by atoms with E-state index in [2.05, 4.69) is 28.2 Å². The standard InChI is InChI=1S/C20H19N5O/c1-2-3-7-16-18-17(14(11-21)19(22)26-20(18)25-24-16)13-9-10-23-15-8-5-4-6-12(13)15/h4-6,8-10,17H,2-3,7,22H2,1H3,(H,24,25)/t17-/m1/s1. The Morgan fingerprint density at radius 2 is 2.15 bits per heavy atom. The van der Waals surface area contributed by atoms with Crippen molar-refractivity contribution in [2.45, 2.75) is 32.1 Å². The van der Waals surface area contributed by atoms with Crippen molar-refractivity contribution in [3.05, 3.63) is 64.8 Å². The molecule has 0 radical (unpaired) electrons.